The molecule has 3 aromatic heterocycles. The van der Waals surface area contributed by atoms with Crippen molar-refractivity contribution in [3.8, 4) is 11.4 Å². The highest BCUT2D eigenvalue weighted by atomic mass is 35.5. The van der Waals surface area contributed by atoms with Crippen LogP contribution in [-0.2, 0) is 0 Å². The molecule has 3 aromatic rings. The van der Waals surface area contributed by atoms with Gasteiger partial charge in [0.15, 0.2) is 10.8 Å². The van der Waals surface area contributed by atoms with Crippen molar-refractivity contribution in [2.75, 3.05) is 5.73 Å². The minimum atomic E-state index is 0.339. The van der Waals surface area contributed by atoms with E-state index in [2.05, 4.69) is 20.1 Å². The predicted molar refractivity (Wildman–Crippen MR) is 68.2 cm³/mol. The number of hydrogen-bond acceptors (Lipinski definition) is 5. The molecule has 0 amide bonds. The number of fused-ring (bicyclic) bond motifs is 1. The third-order valence-electron chi connectivity index (χ3n) is 2.45. The third-order valence-corrected chi connectivity index (χ3v) is 2.71. The van der Waals surface area contributed by atoms with Crippen molar-refractivity contribution in [2.45, 2.75) is 6.92 Å². The van der Waals surface area contributed by atoms with Crippen molar-refractivity contribution >= 4 is 23.1 Å². The summed E-state index contributed by atoms with van der Waals surface area (Å²) in [5.74, 6) is 0.964. The fourth-order valence-corrected chi connectivity index (χ4v) is 2.05. The zero-order chi connectivity index (χ0) is 12.7. The maximum atomic E-state index is 6.13. The Kier molecular flexibility index (Phi) is 2.38. The van der Waals surface area contributed by atoms with Crippen LogP contribution in [0.5, 0.6) is 0 Å². The van der Waals surface area contributed by atoms with Crippen LogP contribution >= 0.6 is 11.6 Å². The summed E-state index contributed by atoms with van der Waals surface area (Å²) < 4.78 is 1.63. The first-order chi connectivity index (χ1) is 8.65. The predicted octanol–water partition coefficient (Wildman–Crippen LogP) is 1.73. The molecule has 0 aliphatic heterocycles. The highest BCUT2D eigenvalue weighted by molar-refractivity contribution is 6.32. The van der Waals surface area contributed by atoms with Crippen molar-refractivity contribution in [1.82, 2.24) is 24.6 Å². The Balaban J connectivity index is 2.34. The Hall–Kier alpha value is -2.21. The molecule has 0 aromatic carbocycles. The Morgan fingerprint density at radius 2 is 2.11 bits per heavy atom. The number of nitrogens with two attached hydrogens (primary N) is 1. The maximum absolute atomic E-state index is 6.13. The van der Waals surface area contributed by atoms with Crippen LogP contribution in [0.15, 0.2) is 24.4 Å². The lowest BCUT2D eigenvalue weighted by molar-refractivity contribution is 0.932. The molecule has 90 valence electrons. The third kappa shape index (κ3) is 1.67. The molecule has 0 aliphatic rings. The molecule has 0 aliphatic carbocycles. The minimum Gasteiger partial charge on any atom is -0.384 e. The average Bonchev–Trinajstić information content (AvgIpc) is 2.63. The van der Waals surface area contributed by atoms with E-state index in [1.807, 2.05) is 6.07 Å². The molecular formula is C11H9ClN6. The van der Waals surface area contributed by atoms with Crippen LogP contribution in [0, 0.1) is 6.92 Å². The lowest BCUT2D eigenvalue weighted by atomic mass is 10.3. The van der Waals surface area contributed by atoms with Crippen molar-refractivity contribution in [3.05, 3.63) is 35.4 Å². The smallest absolute Gasteiger partial charge is 0.159 e. The standard InChI is InChI=1S/C11H9ClN6/c1-6-15-7(5-8(13)16-6)10-11(12)17-9-3-2-4-14-18(9)10/h2-5H,1H3,(H2,13,15,16). The summed E-state index contributed by atoms with van der Waals surface area (Å²) in [7, 11) is 0. The fraction of sp³-hybridized carbons (Fsp3) is 0.0909. The number of nitrogens with zero attached hydrogens (tertiary/aromatic N) is 5. The molecule has 2 N–H and O–H groups in total. The van der Waals surface area contributed by atoms with Crippen molar-refractivity contribution in [1.29, 1.82) is 0 Å². The summed E-state index contributed by atoms with van der Waals surface area (Å²) >= 11 is 6.13. The van der Waals surface area contributed by atoms with E-state index in [-0.39, 0.29) is 0 Å². The van der Waals surface area contributed by atoms with Gasteiger partial charge in [0, 0.05) is 12.3 Å². The molecule has 7 heteroatoms. The molecule has 3 heterocycles. The van der Waals surface area contributed by atoms with Gasteiger partial charge >= 0.3 is 0 Å². The van der Waals surface area contributed by atoms with E-state index in [4.69, 9.17) is 17.3 Å². The number of aromatic nitrogens is 5. The number of aryl methyl sites for hydroxylation is 1. The number of nitrogen functional groups attached to an aromatic ring is 1. The Bertz CT molecular complexity index is 715. The van der Waals surface area contributed by atoms with Gasteiger partial charge in [-0.05, 0) is 19.1 Å². The van der Waals surface area contributed by atoms with Gasteiger partial charge in [0.1, 0.15) is 17.3 Å². The van der Waals surface area contributed by atoms with Crippen LogP contribution in [0.3, 0.4) is 0 Å². The summed E-state index contributed by atoms with van der Waals surface area (Å²) in [6.07, 6.45) is 1.66. The summed E-state index contributed by atoms with van der Waals surface area (Å²) in [4.78, 5) is 12.6. The number of hydrogen-bond donors (Lipinski definition) is 1. The maximum Gasteiger partial charge on any atom is 0.159 e. The lowest BCUT2D eigenvalue weighted by Gasteiger charge is -2.03. The average molecular weight is 261 g/mol. The minimum absolute atomic E-state index is 0.339. The van der Waals surface area contributed by atoms with Gasteiger partial charge in [-0.1, -0.05) is 11.6 Å². The van der Waals surface area contributed by atoms with Gasteiger partial charge in [-0.2, -0.15) is 5.10 Å². The van der Waals surface area contributed by atoms with Gasteiger partial charge in [-0.25, -0.2) is 19.5 Å². The van der Waals surface area contributed by atoms with Gasteiger partial charge in [0.05, 0.1) is 5.69 Å². The molecule has 6 nitrogen and oxygen atoms in total. The lowest BCUT2D eigenvalue weighted by Crippen LogP contribution is -2.00. The molecular weight excluding hydrogens is 252 g/mol. The van der Waals surface area contributed by atoms with Gasteiger partial charge < -0.3 is 5.73 Å². The monoisotopic (exact) mass is 260 g/mol. The molecule has 18 heavy (non-hydrogen) atoms. The largest absolute Gasteiger partial charge is 0.384 e. The molecule has 0 unspecified atom stereocenters. The van der Waals surface area contributed by atoms with Crippen molar-refractivity contribution in [2.24, 2.45) is 0 Å². The number of halogens is 1. The molecule has 0 spiro atoms. The molecule has 0 bridgehead atoms. The molecule has 0 radical (unpaired) electrons. The van der Waals surface area contributed by atoms with E-state index in [1.165, 1.54) is 0 Å². The van der Waals surface area contributed by atoms with Crippen LogP contribution in [0.1, 0.15) is 5.82 Å². The number of rotatable bonds is 1. The normalized spacial score (nSPS) is 11.0. The van der Waals surface area contributed by atoms with E-state index < -0.39 is 0 Å². The quantitative estimate of drug-likeness (QED) is 0.720. The first-order valence-electron chi connectivity index (χ1n) is 5.26. The second-order valence-electron chi connectivity index (χ2n) is 3.77. The highest BCUT2D eigenvalue weighted by Crippen LogP contribution is 2.27. The zero-order valence-corrected chi connectivity index (χ0v) is 10.3. The van der Waals surface area contributed by atoms with E-state index in [0.717, 1.165) is 0 Å². The van der Waals surface area contributed by atoms with Crippen LogP contribution < -0.4 is 5.73 Å². The van der Waals surface area contributed by atoms with Crippen molar-refractivity contribution < 1.29 is 0 Å². The fourth-order valence-electron chi connectivity index (χ4n) is 1.79. The highest BCUT2D eigenvalue weighted by Gasteiger charge is 2.15. The topological polar surface area (TPSA) is 82.0 Å². The van der Waals surface area contributed by atoms with E-state index >= 15 is 0 Å². The van der Waals surface area contributed by atoms with Gasteiger partial charge in [-0.15, -0.1) is 0 Å². The summed E-state index contributed by atoms with van der Waals surface area (Å²) in [5, 5.41) is 4.55. The van der Waals surface area contributed by atoms with E-state index in [1.54, 1.807) is 29.8 Å². The van der Waals surface area contributed by atoms with E-state index in [0.29, 0.717) is 33.8 Å². The SMILES string of the molecule is Cc1nc(N)cc(-c2c(Cl)nc3cccnn23)n1. The second-order valence-corrected chi connectivity index (χ2v) is 4.13. The Morgan fingerprint density at radius 1 is 1.28 bits per heavy atom. The summed E-state index contributed by atoms with van der Waals surface area (Å²) in [5.41, 5.74) is 7.60. The molecule has 0 saturated carbocycles. The zero-order valence-electron chi connectivity index (χ0n) is 9.50. The van der Waals surface area contributed by atoms with Gasteiger partial charge in [0.25, 0.3) is 0 Å². The van der Waals surface area contributed by atoms with Crippen LogP contribution in [-0.4, -0.2) is 24.6 Å². The molecule has 0 fully saturated rings. The number of imidazole rings is 1. The first kappa shape index (κ1) is 10.9. The Labute approximate surface area is 107 Å². The summed E-state index contributed by atoms with van der Waals surface area (Å²) in [6, 6.07) is 5.26. The van der Waals surface area contributed by atoms with Crippen LogP contribution in [0.25, 0.3) is 17.0 Å². The van der Waals surface area contributed by atoms with Gasteiger partial charge in [-0.3, -0.25) is 0 Å². The van der Waals surface area contributed by atoms with E-state index in [9.17, 15) is 0 Å². The second kappa shape index (κ2) is 3.92. The number of anilines is 1. The van der Waals surface area contributed by atoms with Crippen LogP contribution in [0.2, 0.25) is 5.15 Å². The first-order valence-corrected chi connectivity index (χ1v) is 5.64. The summed E-state index contributed by atoms with van der Waals surface area (Å²) in [6.45, 7) is 1.77. The molecule has 0 atom stereocenters. The Morgan fingerprint density at radius 3 is 2.89 bits per heavy atom. The molecule has 0 saturated heterocycles. The molecule has 3 rings (SSSR count). The van der Waals surface area contributed by atoms with Crippen LogP contribution in [0.4, 0.5) is 5.82 Å². The van der Waals surface area contributed by atoms with Crippen molar-refractivity contribution in [3.63, 3.8) is 0 Å². The van der Waals surface area contributed by atoms with Gasteiger partial charge in [0.2, 0.25) is 0 Å².